The van der Waals surface area contributed by atoms with Crippen LogP contribution in [0.2, 0.25) is 0 Å². The van der Waals surface area contributed by atoms with E-state index in [2.05, 4.69) is 4.98 Å². The minimum atomic E-state index is -3.24. The number of nitrogens with one attached hydrogen (secondary N) is 1. The Morgan fingerprint density at radius 1 is 0.759 bits per heavy atom. The number of aromatic amines is 1. The molecule has 0 saturated carbocycles. The van der Waals surface area contributed by atoms with Crippen LogP contribution < -0.4 is 0 Å². The fourth-order valence-corrected chi connectivity index (χ4v) is 3.72. The summed E-state index contributed by atoms with van der Waals surface area (Å²) in [4.78, 5) is 8.46. The third-order valence-electron chi connectivity index (χ3n) is 4.57. The molecule has 4 nitrogen and oxygen atoms in total. The van der Waals surface area contributed by atoms with E-state index < -0.39 is 9.84 Å². The molecule has 5 heteroatoms. The zero-order chi connectivity index (χ0) is 20.3. The lowest BCUT2D eigenvalue weighted by molar-refractivity contribution is 0.602. The first-order chi connectivity index (χ1) is 14.0. The molecule has 4 rings (SSSR count). The fourth-order valence-electron chi connectivity index (χ4n) is 3.09. The number of aromatic nitrogens is 2. The molecule has 0 fully saturated rings. The second-order valence-electron chi connectivity index (χ2n) is 6.75. The van der Waals surface area contributed by atoms with Crippen LogP contribution in [0.4, 0.5) is 0 Å². The normalized spacial score (nSPS) is 11.8. The third-order valence-corrected chi connectivity index (χ3v) is 5.70. The van der Waals surface area contributed by atoms with E-state index in [9.17, 15) is 8.42 Å². The fraction of sp³-hybridized carbons (Fsp3) is 0.0417. The monoisotopic (exact) mass is 400 g/mol. The van der Waals surface area contributed by atoms with Gasteiger partial charge < -0.3 is 4.98 Å². The number of imidazole rings is 1. The Hall–Kier alpha value is -3.44. The largest absolute Gasteiger partial charge is 0.338 e. The van der Waals surface area contributed by atoms with E-state index in [1.54, 1.807) is 24.3 Å². The van der Waals surface area contributed by atoms with Gasteiger partial charge >= 0.3 is 0 Å². The van der Waals surface area contributed by atoms with Crippen molar-refractivity contribution in [3.05, 3.63) is 96.3 Å². The van der Waals surface area contributed by atoms with E-state index in [1.165, 1.54) is 6.26 Å². The lowest BCUT2D eigenvalue weighted by Gasteiger charge is -2.04. The van der Waals surface area contributed by atoms with Crippen LogP contribution >= 0.6 is 0 Å². The van der Waals surface area contributed by atoms with Crippen LogP contribution in [-0.2, 0) is 9.84 Å². The minimum Gasteiger partial charge on any atom is -0.338 e. The molecule has 3 aromatic carbocycles. The van der Waals surface area contributed by atoms with Crippen LogP contribution in [0.3, 0.4) is 0 Å². The summed E-state index contributed by atoms with van der Waals surface area (Å²) in [7, 11) is -3.24. The third kappa shape index (κ3) is 4.36. The summed E-state index contributed by atoms with van der Waals surface area (Å²) in [6.07, 6.45) is 5.15. The van der Waals surface area contributed by atoms with E-state index in [0.717, 1.165) is 33.9 Å². The van der Waals surface area contributed by atoms with Crippen molar-refractivity contribution in [1.29, 1.82) is 0 Å². The molecule has 0 spiro atoms. The Morgan fingerprint density at radius 3 is 2.00 bits per heavy atom. The van der Waals surface area contributed by atoms with Crippen molar-refractivity contribution in [2.75, 3.05) is 6.26 Å². The maximum absolute atomic E-state index is 11.8. The molecule has 0 aliphatic carbocycles. The Balaban J connectivity index is 1.77. The molecule has 1 heterocycles. The van der Waals surface area contributed by atoms with Crippen LogP contribution in [0.15, 0.2) is 89.8 Å². The van der Waals surface area contributed by atoms with Crippen LogP contribution in [0.1, 0.15) is 11.4 Å². The zero-order valence-electron chi connectivity index (χ0n) is 15.9. The molecule has 0 aliphatic rings. The standard InChI is InChI=1S/C24H20N2O2S/c1-29(27,28)21-15-13-20(14-16-21)24-23(19-10-6-3-7-11-19)25-22(26-24)17-12-18-8-4-2-5-9-18/h2-17H,1H3,(H,25,26). The molecule has 4 aromatic rings. The van der Waals surface area contributed by atoms with Crippen LogP contribution in [0.25, 0.3) is 34.7 Å². The van der Waals surface area contributed by atoms with Gasteiger partial charge in [-0.25, -0.2) is 13.4 Å². The highest BCUT2D eigenvalue weighted by molar-refractivity contribution is 7.90. The number of H-pyrrole nitrogens is 1. The van der Waals surface area contributed by atoms with Gasteiger partial charge in [-0.1, -0.05) is 78.9 Å². The molecule has 0 unspecified atom stereocenters. The topological polar surface area (TPSA) is 62.8 Å². The number of hydrogen-bond acceptors (Lipinski definition) is 3. The van der Waals surface area contributed by atoms with Crippen molar-refractivity contribution >= 4 is 22.0 Å². The van der Waals surface area contributed by atoms with E-state index in [-0.39, 0.29) is 0 Å². The summed E-state index contributed by atoms with van der Waals surface area (Å²) in [5, 5.41) is 0. The summed E-state index contributed by atoms with van der Waals surface area (Å²) < 4.78 is 23.5. The molecule has 144 valence electrons. The summed E-state index contributed by atoms with van der Waals surface area (Å²) >= 11 is 0. The minimum absolute atomic E-state index is 0.297. The van der Waals surface area contributed by atoms with Gasteiger partial charge in [-0.2, -0.15) is 0 Å². The summed E-state index contributed by atoms with van der Waals surface area (Å²) in [6.45, 7) is 0. The molecule has 0 atom stereocenters. The Kier molecular flexibility index (Phi) is 5.14. The summed E-state index contributed by atoms with van der Waals surface area (Å²) in [5.41, 5.74) is 4.63. The summed E-state index contributed by atoms with van der Waals surface area (Å²) in [6, 6.07) is 26.8. The van der Waals surface area contributed by atoms with Crippen molar-refractivity contribution in [2.24, 2.45) is 0 Å². The maximum atomic E-state index is 11.8. The van der Waals surface area contributed by atoms with Gasteiger partial charge in [0.2, 0.25) is 0 Å². The molecule has 1 N–H and O–H groups in total. The van der Waals surface area contributed by atoms with E-state index in [4.69, 9.17) is 4.98 Å². The van der Waals surface area contributed by atoms with Crippen molar-refractivity contribution < 1.29 is 8.42 Å². The second kappa shape index (κ2) is 7.89. The zero-order valence-corrected chi connectivity index (χ0v) is 16.7. The van der Waals surface area contributed by atoms with Gasteiger partial charge in [-0.15, -0.1) is 0 Å². The van der Waals surface area contributed by atoms with Gasteiger partial charge in [0.25, 0.3) is 0 Å². The number of sulfone groups is 1. The average molecular weight is 401 g/mol. The number of hydrogen-bond donors (Lipinski definition) is 1. The van der Waals surface area contributed by atoms with Crippen molar-refractivity contribution in [2.45, 2.75) is 4.90 Å². The molecule has 0 radical (unpaired) electrons. The van der Waals surface area contributed by atoms with Crippen molar-refractivity contribution in [3.8, 4) is 22.5 Å². The highest BCUT2D eigenvalue weighted by atomic mass is 32.2. The van der Waals surface area contributed by atoms with Gasteiger partial charge in [0.15, 0.2) is 9.84 Å². The highest BCUT2D eigenvalue weighted by Gasteiger charge is 2.14. The van der Waals surface area contributed by atoms with Crippen molar-refractivity contribution in [1.82, 2.24) is 9.97 Å². The SMILES string of the molecule is CS(=O)(=O)c1ccc(-c2[nH]c(C=Cc3ccccc3)nc2-c2ccccc2)cc1. The number of benzene rings is 3. The molecular formula is C24H20N2O2S. The molecule has 0 amide bonds. The van der Waals surface area contributed by atoms with E-state index in [1.807, 2.05) is 72.8 Å². The maximum Gasteiger partial charge on any atom is 0.175 e. The Morgan fingerprint density at radius 2 is 1.38 bits per heavy atom. The highest BCUT2D eigenvalue weighted by Crippen LogP contribution is 2.31. The first kappa shape index (κ1) is 18.9. The van der Waals surface area contributed by atoms with Crippen LogP contribution in [-0.4, -0.2) is 24.6 Å². The predicted molar refractivity (Wildman–Crippen MR) is 118 cm³/mol. The molecule has 0 bridgehead atoms. The van der Waals surface area contributed by atoms with Crippen molar-refractivity contribution in [3.63, 3.8) is 0 Å². The number of rotatable bonds is 5. The molecule has 0 saturated heterocycles. The van der Waals surface area contributed by atoms with Gasteiger partial charge in [0.05, 0.1) is 16.3 Å². The molecule has 29 heavy (non-hydrogen) atoms. The molecule has 1 aromatic heterocycles. The van der Waals surface area contributed by atoms with Gasteiger partial charge in [-0.3, -0.25) is 0 Å². The lowest BCUT2D eigenvalue weighted by atomic mass is 10.1. The van der Waals surface area contributed by atoms with Crippen LogP contribution in [0.5, 0.6) is 0 Å². The molecular weight excluding hydrogens is 380 g/mol. The van der Waals surface area contributed by atoms with Crippen LogP contribution in [0, 0.1) is 0 Å². The Labute approximate surface area is 170 Å². The number of nitrogens with zero attached hydrogens (tertiary/aromatic N) is 1. The smallest absolute Gasteiger partial charge is 0.175 e. The van der Waals surface area contributed by atoms with Gasteiger partial charge in [0.1, 0.15) is 5.82 Å². The predicted octanol–water partition coefficient (Wildman–Crippen LogP) is 5.32. The lowest BCUT2D eigenvalue weighted by Crippen LogP contribution is -1.96. The van der Waals surface area contributed by atoms with E-state index >= 15 is 0 Å². The molecule has 0 aliphatic heterocycles. The first-order valence-corrected chi connectivity index (χ1v) is 11.1. The van der Waals surface area contributed by atoms with Gasteiger partial charge in [0, 0.05) is 17.4 Å². The first-order valence-electron chi connectivity index (χ1n) is 9.20. The van der Waals surface area contributed by atoms with Gasteiger partial charge in [-0.05, 0) is 23.8 Å². The second-order valence-corrected chi connectivity index (χ2v) is 8.77. The average Bonchev–Trinajstić information content (AvgIpc) is 3.17. The summed E-state index contributed by atoms with van der Waals surface area (Å²) in [5.74, 6) is 0.731. The van der Waals surface area contributed by atoms with E-state index in [0.29, 0.717) is 4.90 Å². The quantitative estimate of drug-likeness (QED) is 0.493. The Bertz CT molecular complexity index is 1240.